The van der Waals surface area contributed by atoms with E-state index in [1.807, 2.05) is 0 Å². The van der Waals surface area contributed by atoms with Crippen LogP contribution < -0.4 is 0 Å². The second-order valence-corrected chi connectivity index (χ2v) is 37.7. The van der Waals surface area contributed by atoms with Gasteiger partial charge in [0.25, 0.3) is 0 Å². The topological polar surface area (TPSA) is 0 Å². The molecular formula is C30H64Ge2Si2. The van der Waals surface area contributed by atoms with Crippen LogP contribution in [0.1, 0.15) is 138 Å². The molecule has 0 nitrogen and oxygen atoms in total. The van der Waals surface area contributed by atoms with Crippen molar-refractivity contribution in [3.63, 3.8) is 0 Å². The van der Waals surface area contributed by atoms with Crippen LogP contribution in [0.15, 0.2) is 11.1 Å². The zero-order chi connectivity index (χ0) is 28.1. The number of hydrogen-bond donors (Lipinski definition) is 0. The van der Waals surface area contributed by atoms with Crippen molar-refractivity contribution in [1.29, 1.82) is 0 Å². The SMILES string of the molecule is CC(C)(C)[Si](C(C)(C)C)C(C)(C)C.CC(C)(C)[Si](C(C)(C)C)C(C)(C)C.CC1=C(C)[CH2][Ge]=[Ge][CH2]1. The maximum absolute atomic E-state index is 2.40. The second-order valence-electron chi connectivity index (χ2n) is 16.5. The first-order valence-corrected chi connectivity index (χ1v) is 25.9. The molecule has 1 aliphatic rings. The molecule has 0 bridgehead atoms. The molecule has 0 unspecified atom stereocenters. The molecule has 0 saturated carbocycles. The van der Waals surface area contributed by atoms with E-state index in [-0.39, 0.29) is 0 Å². The van der Waals surface area contributed by atoms with Crippen molar-refractivity contribution in [3.05, 3.63) is 11.1 Å². The van der Waals surface area contributed by atoms with Gasteiger partial charge in [0.1, 0.15) is 0 Å². The van der Waals surface area contributed by atoms with Crippen LogP contribution in [0.4, 0.5) is 0 Å². The van der Waals surface area contributed by atoms with Gasteiger partial charge in [0.2, 0.25) is 0 Å². The molecular weight excluding hydrogens is 562 g/mol. The summed E-state index contributed by atoms with van der Waals surface area (Å²) in [6.45, 7) is 47.8. The molecule has 0 N–H and O–H groups in total. The van der Waals surface area contributed by atoms with E-state index >= 15 is 0 Å². The maximum atomic E-state index is 2.40. The van der Waals surface area contributed by atoms with Crippen molar-refractivity contribution in [2.24, 2.45) is 0 Å². The first kappa shape index (κ1) is 37.4. The fraction of sp³-hybridized carbons (Fsp3) is 0.933. The summed E-state index contributed by atoms with van der Waals surface area (Å²) in [6, 6.07) is 0. The molecule has 1 rings (SSSR count). The molecule has 0 aromatic rings. The van der Waals surface area contributed by atoms with Crippen LogP contribution in [0.25, 0.3) is 0 Å². The third-order valence-electron chi connectivity index (χ3n) is 6.06. The molecule has 0 atom stereocenters. The van der Waals surface area contributed by atoms with E-state index in [0.717, 1.165) is 0 Å². The third kappa shape index (κ3) is 14.9. The van der Waals surface area contributed by atoms with Crippen molar-refractivity contribution < 1.29 is 0 Å². The van der Waals surface area contributed by atoms with Crippen LogP contribution in [0.3, 0.4) is 0 Å². The Morgan fingerprint density at radius 1 is 0.382 bits per heavy atom. The average Bonchev–Trinajstić information content (AvgIpc) is 2.41. The van der Waals surface area contributed by atoms with Gasteiger partial charge in [0.15, 0.2) is 0 Å². The first-order valence-electron chi connectivity index (χ1n) is 13.4. The van der Waals surface area contributed by atoms with Gasteiger partial charge < -0.3 is 0 Å². The summed E-state index contributed by atoms with van der Waals surface area (Å²) in [5.74, 6) is 0. The van der Waals surface area contributed by atoms with Gasteiger partial charge in [-0.3, -0.25) is 0 Å². The van der Waals surface area contributed by atoms with Crippen molar-refractivity contribution >= 4 is 43.4 Å². The summed E-state index contributed by atoms with van der Waals surface area (Å²) >= 11 is 1.20. The standard InChI is InChI=1S/2C12H27Si.C6H10Ge2/c2*1-10(2,3)13(11(4,5)6)12(7,8)9;1-5-3-7-8-4-6(5)2/h2*1-9H3;3-4H2,1-2H3. The minimum absolute atomic E-state index is 0.391. The Morgan fingerprint density at radius 2 is 0.529 bits per heavy atom. The van der Waals surface area contributed by atoms with E-state index < -0.39 is 17.6 Å². The first-order chi connectivity index (χ1) is 14.5. The molecule has 0 spiro atoms. The predicted molar refractivity (Wildman–Crippen MR) is 169 cm³/mol. The molecule has 0 aromatic heterocycles. The predicted octanol–water partition coefficient (Wildman–Crippen LogP) is 11.3. The fourth-order valence-corrected chi connectivity index (χ4v) is 32.4. The molecule has 4 radical (unpaired) electrons. The van der Waals surface area contributed by atoms with Gasteiger partial charge >= 0.3 is 61.3 Å². The summed E-state index contributed by atoms with van der Waals surface area (Å²) < 4.78 is 0. The fourth-order valence-electron chi connectivity index (χ4n) is 7.44. The minimum atomic E-state index is -0.391. The van der Waals surface area contributed by atoms with E-state index in [9.17, 15) is 0 Å². The second kappa shape index (κ2) is 13.4. The van der Waals surface area contributed by atoms with E-state index in [1.54, 1.807) is 11.1 Å². The van der Waals surface area contributed by atoms with Crippen LogP contribution >= 0.6 is 0 Å². The summed E-state index contributed by atoms with van der Waals surface area (Å²) in [6.07, 6.45) is 0. The Balaban J connectivity index is 0. The van der Waals surface area contributed by atoms with Crippen molar-refractivity contribution in [2.45, 2.75) is 179 Å². The monoisotopic (exact) mass is 628 g/mol. The number of allylic oxidation sites excluding steroid dienone is 2. The van der Waals surface area contributed by atoms with Crippen molar-refractivity contribution in [3.8, 4) is 0 Å². The molecule has 0 amide bonds. The molecule has 34 heavy (non-hydrogen) atoms. The van der Waals surface area contributed by atoms with Gasteiger partial charge in [-0.05, 0) is 30.2 Å². The van der Waals surface area contributed by atoms with Gasteiger partial charge in [0, 0.05) is 0 Å². The zero-order valence-corrected chi connectivity index (χ0v) is 33.6. The number of hydrogen-bond acceptors (Lipinski definition) is 0. The summed E-state index contributed by atoms with van der Waals surface area (Å²) in [5.41, 5.74) is 3.44. The van der Waals surface area contributed by atoms with Crippen molar-refractivity contribution in [1.82, 2.24) is 0 Å². The molecule has 4 heteroatoms. The quantitative estimate of drug-likeness (QED) is 0.186. The number of rotatable bonds is 0. The Labute approximate surface area is 232 Å². The Hall–Kier alpha value is 1.26. The molecule has 0 fully saturated rings. The van der Waals surface area contributed by atoms with E-state index in [4.69, 9.17) is 0 Å². The molecule has 1 heterocycles. The Bertz CT molecular complexity index is 537. The molecule has 0 aliphatic carbocycles. The summed E-state index contributed by atoms with van der Waals surface area (Å²) in [4.78, 5) is 0. The molecule has 200 valence electrons. The van der Waals surface area contributed by atoms with E-state index in [0.29, 0.717) is 56.1 Å². The summed E-state index contributed by atoms with van der Waals surface area (Å²) in [7, 11) is -0.782. The van der Waals surface area contributed by atoms with Gasteiger partial charge in [0.05, 0.1) is 17.6 Å². The van der Waals surface area contributed by atoms with Crippen LogP contribution in [0.2, 0.25) is 40.7 Å². The van der Waals surface area contributed by atoms with Crippen LogP contribution in [-0.4, -0.2) is 43.4 Å². The van der Waals surface area contributed by atoms with Gasteiger partial charge in [-0.1, -0.05) is 125 Å². The van der Waals surface area contributed by atoms with Gasteiger partial charge in [-0.25, -0.2) is 0 Å². The van der Waals surface area contributed by atoms with Gasteiger partial charge in [-0.15, -0.1) is 0 Å². The summed E-state index contributed by atoms with van der Waals surface area (Å²) in [5, 5.41) is 5.99. The Morgan fingerprint density at radius 3 is 0.588 bits per heavy atom. The third-order valence-corrected chi connectivity index (χ3v) is 25.1. The molecule has 0 saturated heterocycles. The molecule has 0 aromatic carbocycles. The average molecular weight is 626 g/mol. The normalized spacial score (nSPS) is 16.3. The molecule has 1 aliphatic heterocycles. The van der Waals surface area contributed by atoms with Crippen LogP contribution in [-0.2, 0) is 0 Å². The van der Waals surface area contributed by atoms with Crippen molar-refractivity contribution in [2.75, 3.05) is 0 Å². The van der Waals surface area contributed by atoms with Crippen LogP contribution in [0.5, 0.6) is 0 Å². The van der Waals surface area contributed by atoms with Crippen LogP contribution in [0, 0.1) is 0 Å². The zero-order valence-electron chi connectivity index (χ0n) is 27.4. The van der Waals surface area contributed by atoms with Gasteiger partial charge in [-0.2, -0.15) is 0 Å². The van der Waals surface area contributed by atoms with E-state index in [2.05, 4.69) is 138 Å². The van der Waals surface area contributed by atoms with E-state index in [1.165, 1.54) is 10.5 Å². The Kier molecular flexibility index (Phi) is 14.7.